The quantitative estimate of drug-likeness (QED) is 0.866. The fourth-order valence-corrected chi connectivity index (χ4v) is 2.13. The van der Waals surface area contributed by atoms with E-state index in [2.05, 4.69) is 9.97 Å². The highest BCUT2D eigenvalue weighted by Gasteiger charge is 2.45. The summed E-state index contributed by atoms with van der Waals surface area (Å²) in [5.41, 5.74) is 5.85. The highest BCUT2D eigenvalue weighted by atomic mass is 19.4. The van der Waals surface area contributed by atoms with Crippen molar-refractivity contribution < 1.29 is 13.2 Å². The minimum absolute atomic E-state index is 0.141. The smallest absolute Gasteiger partial charge is 0.341 e. The first-order chi connectivity index (χ1) is 8.44. The Morgan fingerprint density at radius 3 is 2.61 bits per heavy atom. The molecule has 0 saturated heterocycles. The highest BCUT2D eigenvalue weighted by molar-refractivity contribution is 5.76. The van der Waals surface area contributed by atoms with Crippen molar-refractivity contribution in [1.29, 1.82) is 0 Å². The van der Waals surface area contributed by atoms with E-state index in [1.54, 1.807) is 0 Å². The van der Waals surface area contributed by atoms with Crippen LogP contribution in [0.3, 0.4) is 0 Å². The predicted octanol–water partition coefficient (Wildman–Crippen LogP) is 2.57. The zero-order valence-corrected chi connectivity index (χ0v) is 9.51. The van der Waals surface area contributed by atoms with Gasteiger partial charge in [-0.1, -0.05) is 0 Å². The third-order valence-corrected chi connectivity index (χ3v) is 3.56. The fraction of sp³-hybridized carbons (Fsp3) is 0.417. The fourth-order valence-electron chi connectivity index (χ4n) is 2.13. The number of halogens is 3. The lowest BCUT2D eigenvalue weighted by atomic mass is 10.1. The molecule has 1 heterocycles. The van der Waals surface area contributed by atoms with Crippen molar-refractivity contribution in [3.63, 3.8) is 0 Å². The van der Waals surface area contributed by atoms with Crippen molar-refractivity contribution in [1.82, 2.24) is 9.97 Å². The van der Waals surface area contributed by atoms with E-state index in [1.807, 2.05) is 0 Å². The number of alkyl halides is 3. The van der Waals surface area contributed by atoms with Crippen LogP contribution in [-0.2, 0) is 11.6 Å². The third kappa shape index (κ3) is 1.68. The van der Waals surface area contributed by atoms with Gasteiger partial charge < -0.3 is 10.7 Å². The van der Waals surface area contributed by atoms with Crippen LogP contribution in [0.2, 0.25) is 0 Å². The molecule has 96 valence electrons. The molecule has 1 aromatic carbocycles. The first-order valence-corrected chi connectivity index (χ1v) is 5.72. The summed E-state index contributed by atoms with van der Waals surface area (Å²) in [6, 6.07) is 3.54. The Labute approximate surface area is 101 Å². The van der Waals surface area contributed by atoms with Crippen LogP contribution in [0.15, 0.2) is 18.2 Å². The number of fused-ring (bicyclic) bond motifs is 1. The Morgan fingerprint density at radius 1 is 1.33 bits per heavy atom. The molecule has 0 radical (unpaired) electrons. The molecule has 0 amide bonds. The summed E-state index contributed by atoms with van der Waals surface area (Å²) >= 11 is 0. The normalized spacial score (nSPS) is 18.2. The molecule has 1 fully saturated rings. The second-order valence-corrected chi connectivity index (χ2v) is 4.80. The number of H-pyrrole nitrogens is 1. The molecule has 0 bridgehead atoms. The monoisotopic (exact) mass is 255 g/mol. The van der Waals surface area contributed by atoms with Gasteiger partial charge in [-0.15, -0.1) is 0 Å². The molecule has 1 saturated carbocycles. The van der Waals surface area contributed by atoms with Crippen LogP contribution in [0.25, 0.3) is 11.0 Å². The predicted molar refractivity (Wildman–Crippen MR) is 61.1 cm³/mol. The number of imidazole rings is 1. The van der Waals surface area contributed by atoms with Crippen molar-refractivity contribution in [2.45, 2.75) is 24.4 Å². The molecule has 1 aromatic heterocycles. The second kappa shape index (κ2) is 3.47. The minimum atomic E-state index is -4.33. The lowest BCUT2D eigenvalue weighted by molar-refractivity contribution is -0.137. The van der Waals surface area contributed by atoms with Crippen LogP contribution in [0.5, 0.6) is 0 Å². The van der Waals surface area contributed by atoms with Gasteiger partial charge in [-0.05, 0) is 31.0 Å². The number of hydrogen-bond donors (Lipinski definition) is 2. The molecule has 6 heteroatoms. The summed E-state index contributed by atoms with van der Waals surface area (Å²) in [4.78, 5) is 7.31. The van der Waals surface area contributed by atoms with E-state index in [0.717, 1.165) is 25.0 Å². The number of hydrogen-bond acceptors (Lipinski definition) is 2. The van der Waals surface area contributed by atoms with Crippen molar-refractivity contribution in [3.8, 4) is 0 Å². The summed E-state index contributed by atoms with van der Waals surface area (Å²) < 4.78 is 37.7. The van der Waals surface area contributed by atoms with Gasteiger partial charge in [0.15, 0.2) is 0 Å². The maximum absolute atomic E-state index is 12.6. The molecule has 3 nitrogen and oxygen atoms in total. The van der Waals surface area contributed by atoms with Crippen molar-refractivity contribution in [2.24, 2.45) is 5.73 Å². The first-order valence-electron chi connectivity index (χ1n) is 5.72. The third-order valence-electron chi connectivity index (χ3n) is 3.56. The Morgan fingerprint density at radius 2 is 2.06 bits per heavy atom. The van der Waals surface area contributed by atoms with Gasteiger partial charge in [-0.2, -0.15) is 13.2 Å². The van der Waals surface area contributed by atoms with Gasteiger partial charge in [0.05, 0.1) is 16.6 Å². The largest absolute Gasteiger partial charge is 0.416 e. The molecule has 18 heavy (non-hydrogen) atoms. The molecule has 1 aliphatic carbocycles. The van der Waals surface area contributed by atoms with Crippen LogP contribution in [-0.4, -0.2) is 16.5 Å². The highest BCUT2D eigenvalue weighted by Crippen LogP contribution is 2.46. The van der Waals surface area contributed by atoms with Gasteiger partial charge in [0.1, 0.15) is 5.82 Å². The number of aromatic amines is 1. The first kappa shape index (κ1) is 11.5. The Bertz CT molecular complexity index is 596. The van der Waals surface area contributed by atoms with Gasteiger partial charge in [0.25, 0.3) is 0 Å². The summed E-state index contributed by atoms with van der Waals surface area (Å²) in [7, 11) is 0. The van der Waals surface area contributed by atoms with Gasteiger partial charge in [-0.25, -0.2) is 4.98 Å². The molecule has 3 rings (SSSR count). The standard InChI is InChI=1S/C12H12F3N3/c13-12(14,15)7-1-2-8-9(5-7)18-10(17-8)11(6-16)3-4-11/h1-2,5H,3-4,6,16H2,(H,17,18). The minimum Gasteiger partial charge on any atom is -0.341 e. The van der Waals surface area contributed by atoms with E-state index >= 15 is 0 Å². The van der Waals surface area contributed by atoms with Crippen LogP contribution in [0, 0.1) is 0 Å². The molecular weight excluding hydrogens is 243 g/mol. The lowest BCUT2D eigenvalue weighted by Crippen LogP contribution is -2.20. The number of rotatable bonds is 2. The van der Waals surface area contributed by atoms with Crippen LogP contribution < -0.4 is 5.73 Å². The summed E-state index contributed by atoms with van der Waals surface area (Å²) in [5.74, 6) is 0.708. The maximum Gasteiger partial charge on any atom is 0.416 e. The summed E-state index contributed by atoms with van der Waals surface area (Å²) in [6.45, 7) is 0.471. The SMILES string of the molecule is NCC1(c2nc3ccc(C(F)(F)F)cc3[nH]2)CC1. The van der Waals surface area contributed by atoms with Crippen LogP contribution in [0.4, 0.5) is 13.2 Å². The van der Waals surface area contributed by atoms with E-state index in [0.29, 0.717) is 23.4 Å². The van der Waals surface area contributed by atoms with E-state index in [4.69, 9.17) is 5.73 Å². The van der Waals surface area contributed by atoms with E-state index in [-0.39, 0.29) is 5.41 Å². The van der Waals surface area contributed by atoms with Crippen LogP contribution >= 0.6 is 0 Å². The van der Waals surface area contributed by atoms with E-state index in [1.165, 1.54) is 6.07 Å². The van der Waals surface area contributed by atoms with Crippen molar-refractivity contribution >= 4 is 11.0 Å². The Kier molecular flexibility index (Phi) is 2.22. The average molecular weight is 255 g/mol. The summed E-state index contributed by atoms with van der Waals surface area (Å²) in [5, 5.41) is 0. The molecule has 0 unspecified atom stereocenters. The van der Waals surface area contributed by atoms with E-state index < -0.39 is 11.7 Å². The molecule has 0 aliphatic heterocycles. The number of benzene rings is 1. The van der Waals surface area contributed by atoms with Crippen molar-refractivity contribution in [3.05, 3.63) is 29.6 Å². The molecule has 3 N–H and O–H groups in total. The van der Waals surface area contributed by atoms with Gasteiger partial charge in [-0.3, -0.25) is 0 Å². The number of aromatic nitrogens is 2. The maximum atomic E-state index is 12.6. The van der Waals surface area contributed by atoms with Crippen molar-refractivity contribution in [2.75, 3.05) is 6.54 Å². The Balaban J connectivity index is 2.08. The Hall–Kier alpha value is -1.56. The van der Waals surface area contributed by atoms with Gasteiger partial charge in [0.2, 0.25) is 0 Å². The van der Waals surface area contributed by atoms with Gasteiger partial charge >= 0.3 is 6.18 Å². The molecular formula is C12H12F3N3. The zero-order chi connectivity index (χ0) is 13.0. The number of nitrogens with zero attached hydrogens (tertiary/aromatic N) is 1. The number of nitrogens with one attached hydrogen (secondary N) is 1. The summed E-state index contributed by atoms with van der Waals surface area (Å²) in [6.07, 6.45) is -2.45. The molecule has 2 aromatic rings. The lowest BCUT2D eigenvalue weighted by Gasteiger charge is -2.06. The topological polar surface area (TPSA) is 54.7 Å². The molecule has 0 spiro atoms. The number of nitrogens with two attached hydrogens (primary N) is 1. The van der Waals surface area contributed by atoms with Gasteiger partial charge in [0, 0.05) is 12.0 Å². The zero-order valence-electron chi connectivity index (χ0n) is 9.51. The average Bonchev–Trinajstić information content (AvgIpc) is 3.00. The van der Waals surface area contributed by atoms with Crippen LogP contribution in [0.1, 0.15) is 24.2 Å². The second-order valence-electron chi connectivity index (χ2n) is 4.80. The molecule has 0 atom stereocenters. The molecule has 1 aliphatic rings. The van der Waals surface area contributed by atoms with E-state index in [9.17, 15) is 13.2 Å².